The first-order valence-corrected chi connectivity index (χ1v) is 8.95. The lowest BCUT2D eigenvalue weighted by Gasteiger charge is -2.21. The molecule has 0 aromatic heterocycles. The van der Waals surface area contributed by atoms with Crippen LogP contribution in [0.15, 0.2) is 30.3 Å². The van der Waals surface area contributed by atoms with Gasteiger partial charge in [0.05, 0.1) is 17.9 Å². The molecule has 3 fully saturated rings. The maximum Gasteiger partial charge on any atom is 0.234 e. The minimum absolute atomic E-state index is 0.0264. The fourth-order valence-electron chi connectivity index (χ4n) is 4.23. The molecule has 3 saturated heterocycles. The van der Waals surface area contributed by atoms with E-state index in [1.807, 2.05) is 18.2 Å². The summed E-state index contributed by atoms with van der Waals surface area (Å²) in [4.78, 5) is 29.0. The molecule has 0 N–H and O–H groups in total. The number of amides is 2. The molecule has 3 heterocycles. The van der Waals surface area contributed by atoms with Crippen LogP contribution >= 0.6 is 0 Å². The van der Waals surface area contributed by atoms with Crippen molar-refractivity contribution in [3.63, 3.8) is 0 Å². The van der Waals surface area contributed by atoms with Crippen LogP contribution in [-0.4, -0.2) is 54.0 Å². The van der Waals surface area contributed by atoms with Crippen LogP contribution < -0.4 is 0 Å². The standard InChI is InChI=1S/C19H24N2O3/c22-18-16-12-20(11-14-5-2-1-3-6-14)13-17(16)19(23)21(18)9-8-15-7-4-10-24-15/h1-3,5-6,15-17H,4,7-13H2/t15-,16-,17+/m1/s1. The molecule has 3 atom stereocenters. The van der Waals surface area contributed by atoms with Gasteiger partial charge in [-0.3, -0.25) is 19.4 Å². The summed E-state index contributed by atoms with van der Waals surface area (Å²) in [5, 5.41) is 0. The van der Waals surface area contributed by atoms with Crippen molar-refractivity contribution in [2.45, 2.75) is 31.9 Å². The lowest BCUT2D eigenvalue weighted by atomic mass is 10.00. The second-order valence-electron chi connectivity index (χ2n) is 7.14. The molecule has 1 aromatic rings. The fraction of sp³-hybridized carbons (Fsp3) is 0.579. The number of nitrogens with zero attached hydrogens (tertiary/aromatic N) is 2. The second-order valence-corrected chi connectivity index (χ2v) is 7.14. The summed E-state index contributed by atoms with van der Waals surface area (Å²) >= 11 is 0. The summed E-state index contributed by atoms with van der Waals surface area (Å²) in [6.45, 7) is 3.53. The average molecular weight is 328 g/mol. The van der Waals surface area contributed by atoms with Crippen molar-refractivity contribution < 1.29 is 14.3 Å². The van der Waals surface area contributed by atoms with Gasteiger partial charge >= 0.3 is 0 Å². The summed E-state index contributed by atoms with van der Waals surface area (Å²) < 4.78 is 5.60. The maximum atomic E-state index is 12.6. The van der Waals surface area contributed by atoms with E-state index >= 15 is 0 Å². The molecule has 0 aliphatic carbocycles. The molecule has 3 aliphatic rings. The van der Waals surface area contributed by atoms with Gasteiger partial charge in [-0.15, -0.1) is 0 Å². The van der Waals surface area contributed by atoms with E-state index in [0.717, 1.165) is 32.4 Å². The highest BCUT2D eigenvalue weighted by Crippen LogP contribution is 2.34. The molecular formula is C19H24N2O3. The molecule has 2 amide bonds. The molecule has 0 unspecified atom stereocenters. The second kappa shape index (κ2) is 6.65. The first-order valence-electron chi connectivity index (χ1n) is 8.95. The van der Waals surface area contributed by atoms with E-state index in [0.29, 0.717) is 19.6 Å². The number of fused-ring (bicyclic) bond motifs is 1. The highest BCUT2D eigenvalue weighted by Gasteiger charge is 2.51. The van der Waals surface area contributed by atoms with Crippen LogP contribution in [0.3, 0.4) is 0 Å². The summed E-state index contributed by atoms with van der Waals surface area (Å²) in [6, 6.07) is 10.2. The summed E-state index contributed by atoms with van der Waals surface area (Å²) in [7, 11) is 0. The number of hydrogen-bond acceptors (Lipinski definition) is 4. The Morgan fingerprint density at radius 1 is 1.04 bits per heavy atom. The highest BCUT2D eigenvalue weighted by atomic mass is 16.5. The lowest BCUT2D eigenvalue weighted by Crippen LogP contribution is -2.37. The third-order valence-electron chi connectivity index (χ3n) is 5.51. The predicted molar refractivity (Wildman–Crippen MR) is 89.0 cm³/mol. The van der Waals surface area contributed by atoms with Gasteiger partial charge in [0.2, 0.25) is 11.8 Å². The van der Waals surface area contributed by atoms with Crippen molar-refractivity contribution in [2.24, 2.45) is 11.8 Å². The predicted octanol–water partition coefficient (Wildman–Crippen LogP) is 1.67. The number of ether oxygens (including phenoxy) is 1. The van der Waals surface area contributed by atoms with E-state index in [4.69, 9.17) is 4.74 Å². The summed E-state index contributed by atoms with van der Waals surface area (Å²) in [5.74, 6) is -0.242. The zero-order valence-electron chi connectivity index (χ0n) is 13.9. The maximum absolute atomic E-state index is 12.6. The SMILES string of the molecule is O=C1[C@H]2CN(Cc3ccccc3)C[C@H]2C(=O)N1CC[C@H]1CCCO1. The normalized spacial score (nSPS) is 30.3. The summed E-state index contributed by atoms with van der Waals surface area (Å²) in [5.41, 5.74) is 1.23. The van der Waals surface area contributed by atoms with Crippen LogP contribution in [0.4, 0.5) is 0 Å². The molecule has 0 saturated carbocycles. The van der Waals surface area contributed by atoms with Gasteiger partial charge < -0.3 is 4.74 Å². The first kappa shape index (κ1) is 15.8. The zero-order valence-corrected chi connectivity index (χ0v) is 13.9. The number of likely N-dealkylation sites (tertiary alicyclic amines) is 2. The molecule has 0 bridgehead atoms. The average Bonchev–Trinajstić information content (AvgIpc) is 3.28. The highest BCUT2D eigenvalue weighted by molar-refractivity contribution is 6.05. The minimum atomic E-state index is -0.147. The van der Waals surface area contributed by atoms with E-state index in [-0.39, 0.29) is 29.8 Å². The Bertz CT molecular complexity index is 588. The Morgan fingerprint density at radius 2 is 1.75 bits per heavy atom. The Hall–Kier alpha value is -1.72. The Morgan fingerprint density at radius 3 is 2.38 bits per heavy atom. The van der Waals surface area contributed by atoms with Gasteiger partial charge in [-0.2, -0.15) is 0 Å². The smallest absolute Gasteiger partial charge is 0.234 e. The Labute approximate surface area is 142 Å². The summed E-state index contributed by atoms with van der Waals surface area (Å²) in [6.07, 6.45) is 3.14. The number of benzene rings is 1. The Kier molecular flexibility index (Phi) is 4.37. The van der Waals surface area contributed by atoms with Crippen LogP contribution in [0.1, 0.15) is 24.8 Å². The zero-order chi connectivity index (χ0) is 16.5. The van der Waals surface area contributed by atoms with Crippen molar-refractivity contribution in [3.8, 4) is 0 Å². The van der Waals surface area contributed by atoms with E-state index < -0.39 is 0 Å². The molecule has 24 heavy (non-hydrogen) atoms. The van der Waals surface area contributed by atoms with Crippen LogP contribution in [0.2, 0.25) is 0 Å². The van der Waals surface area contributed by atoms with E-state index in [9.17, 15) is 9.59 Å². The molecule has 1 aromatic carbocycles. The number of imide groups is 1. The lowest BCUT2D eigenvalue weighted by molar-refractivity contribution is -0.141. The van der Waals surface area contributed by atoms with Crippen molar-refractivity contribution >= 4 is 11.8 Å². The molecular weight excluding hydrogens is 304 g/mol. The van der Waals surface area contributed by atoms with Crippen LogP contribution in [-0.2, 0) is 20.9 Å². The van der Waals surface area contributed by atoms with Gasteiger partial charge in [-0.1, -0.05) is 30.3 Å². The largest absolute Gasteiger partial charge is 0.378 e. The monoisotopic (exact) mass is 328 g/mol. The topological polar surface area (TPSA) is 49.9 Å². The quantitative estimate of drug-likeness (QED) is 0.772. The minimum Gasteiger partial charge on any atom is -0.378 e. The number of carbonyl (C=O) groups is 2. The van der Waals surface area contributed by atoms with Crippen molar-refractivity contribution in [3.05, 3.63) is 35.9 Å². The molecule has 3 aliphatic heterocycles. The van der Waals surface area contributed by atoms with Crippen molar-refractivity contribution in [2.75, 3.05) is 26.2 Å². The van der Waals surface area contributed by atoms with E-state index in [1.54, 1.807) is 0 Å². The van der Waals surface area contributed by atoms with Crippen LogP contribution in [0.25, 0.3) is 0 Å². The first-order chi connectivity index (χ1) is 11.7. The van der Waals surface area contributed by atoms with Gasteiger partial charge in [0.15, 0.2) is 0 Å². The van der Waals surface area contributed by atoms with Gasteiger partial charge in [0.25, 0.3) is 0 Å². The van der Waals surface area contributed by atoms with Crippen molar-refractivity contribution in [1.29, 1.82) is 0 Å². The third-order valence-corrected chi connectivity index (χ3v) is 5.51. The number of carbonyl (C=O) groups excluding carboxylic acids is 2. The number of hydrogen-bond donors (Lipinski definition) is 0. The van der Waals surface area contributed by atoms with Crippen LogP contribution in [0.5, 0.6) is 0 Å². The molecule has 5 nitrogen and oxygen atoms in total. The molecule has 0 spiro atoms. The molecule has 5 heteroatoms. The third kappa shape index (κ3) is 2.98. The van der Waals surface area contributed by atoms with E-state index in [1.165, 1.54) is 10.5 Å². The van der Waals surface area contributed by atoms with Crippen LogP contribution in [0, 0.1) is 11.8 Å². The van der Waals surface area contributed by atoms with Gasteiger partial charge in [0.1, 0.15) is 0 Å². The van der Waals surface area contributed by atoms with E-state index in [2.05, 4.69) is 17.0 Å². The number of rotatable bonds is 5. The molecule has 0 radical (unpaired) electrons. The fourth-order valence-corrected chi connectivity index (χ4v) is 4.23. The van der Waals surface area contributed by atoms with Gasteiger partial charge in [-0.05, 0) is 24.8 Å². The molecule has 128 valence electrons. The molecule has 4 rings (SSSR count). The Balaban J connectivity index is 1.35. The van der Waals surface area contributed by atoms with Gasteiger partial charge in [0, 0.05) is 32.8 Å². The van der Waals surface area contributed by atoms with Crippen molar-refractivity contribution in [1.82, 2.24) is 9.80 Å². The van der Waals surface area contributed by atoms with Gasteiger partial charge in [-0.25, -0.2) is 0 Å².